The topological polar surface area (TPSA) is 49.9 Å². The van der Waals surface area contributed by atoms with E-state index in [0.717, 1.165) is 19.3 Å². The average molecular weight is 188 g/mol. The lowest BCUT2D eigenvalue weighted by Crippen LogP contribution is -2.28. The van der Waals surface area contributed by atoms with Crippen molar-refractivity contribution in [2.24, 2.45) is 11.7 Å². The lowest BCUT2D eigenvalue weighted by atomic mass is 9.83. The number of hydrogen-bond acceptors (Lipinski definition) is 1. The van der Waals surface area contributed by atoms with Gasteiger partial charge in [0.2, 0.25) is 0 Å². The molecular weight excluding hydrogens is 172 g/mol. The summed E-state index contributed by atoms with van der Waals surface area (Å²) in [7, 11) is 0. The van der Waals surface area contributed by atoms with E-state index in [1.807, 2.05) is 0 Å². The number of nitrogens with one attached hydrogen (secondary N) is 1. The van der Waals surface area contributed by atoms with E-state index in [0.29, 0.717) is 5.84 Å². The van der Waals surface area contributed by atoms with E-state index in [1.165, 1.54) is 16.7 Å². The zero-order chi connectivity index (χ0) is 10.1. The van der Waals surface area contributed by atoms with Crippen LogP contribution in [-0.4, -0.2) is 5.84 Å². The number of nitrogens with two attached hydrogens (primary N) is 1. The van der Waals surface area contributed by atoms with Gasteiger partial charge in [-0.05, 0) is 37.3 Å². The van der Waals surface area contributed by atoms with Crippen molar-refractivity contribution in [3.8, 4) is 0 Å². The maximum absolute atomic E-state index is 7.45. The van der Waals surface area contributed by atoms with Crippen LogP contribution in [-0.2, 0) is 12.8 Å². The molecule has 1 atom stereocenters. The van der Waals surface area contributed by atoms with Crippen molar-refractivity contribution in [3.63, 3.8) is 0 Å². The van der Waals surface area contributed by atoms with E-state index in [-0.39, 0.29) is 5.92 Å². The Labute approximate surface area is 84.6 Å². The van der Waals surface area contributed by atoms with Crippen LogP contribution in [0, 0.1) is 18.3 Å². The second kappa shape index (κ2) is 3.45. The van der Waals surface area contributed by atoms with Crippen molar-refractivity contribution in [1.82, 2.24) is 0 Å². The lowest BCUT2D eigenvalue weighted by molar-refractivity contribution is 0.577. The normalized spacial score (nSPS) is 20.2. The van der Waals surface area contributed by atoms with Crippen LogP contribution in [0.5, 0.6) is 0 Å². The molecule has 14 heavy (non-hydrogen) atoms. The summed E-state index contributed by atoms with van der Waals surface area (Å²) in [5.74, 6) is 0.612. The predicted molar refractivity (Wildman–Crippen MR) is 58.6 cm³/mol. The smallest absolute Gasteiger partial charge is 0.0940 e. The first-order valence-corrected chi connectivity index (χ1v) is 5.09. The molecule has 2 rings (SSSR count). The van der Waals surface area contributed by atoms with Crippen molar-refractivity contribution < 1.29 is 0 Å². The molecule has 3 N–H and O–H groups in total. The fourth-order valence-electron chi connectivity index (χ4n) is 2.15. The van der Waals surface area contributed by atoms with Crippen LogP contribution in [0.3, 0.4) is 0 Å². The van der Waals surface area contributed by atoms with Gasteiger partial charge in [-0.3, -0.25) is 5.41 Å². The highest BCUT2D eigenvalue weighted by Gasteiger charge is 2.20. The van der Waals surface area contributed by atoms with Gasteiger partial charge >= 0.3 is 0 Å². The Morgan fingerprint density at radius 3 is 2.93 bits per heavy atom. The molecule has 0 saturated carbocycles. The van der Waals surface area contributed by atoms with Crippen LogP contribution in [0.25, 0.3) is 0 Å². The highest BCUT2D eigenvalue weighted by atomic mass is 14.7. The average Bonchev–Trinajstić information content (AvgIpc) is 2.16. The Kier molecular flexibility index (Phi) is 2.28. The number of aryl methyl sites for hydroxylation is 2. The maximum atomic E-state index is 7.45. The summed E-state index contributed by atoms with van der Waals surface area (Å²) in [6, 6.07) is 6.58. The van der Waals surface area contributed by atoms with Crippen LogP contribution in [0.1, 0.15) is 23.1 Å². The third kappa shape index (κ3) is 1.65. The van der Waals surface area contributed by atoms with Gasteiger partial charge in [-0.1, -0.05) is 23.8 Å². The number of amidine groups is 1. The van der Waals surface area contributed by atoms with E-state index >= 15 is 0 Å². The SMILES string of the molecule is Cc1ccc2c(c1)CCC(C(=N)N)C2. The standard InChI is InChI=1S/C12H16N2/c1-8-2-3-10-7-11(12(13)14)5-4-9(10)6-8/h2-3,6,11H,4-5,7H2,1H3,(H3,13,14). The van der Waals surface area contributed by atoms with Crippen molar-refractivity contribution in [3.05, 3.63) is 34.9 Å². The van der Waals surface area contributed by atoms with Crippen molar-refractivity contribution in [2.45, 2.75) is 26.2 Å². The molecule has 1 unspecified atom stereocenters. The Hall–Kier alpha value is -1.31. The minimum Gasteiger partial charge on any atom is -0.387 e. The van der Waals surface area contributed by atoms with Crippen molar-refractivity contribution >= 4 is 5.84 Å². The van der Waals surface area contributed by atoms with Gasteiger partial charge in [0.05, 0.1) is 5.84 Å². The van der Waals surface area contributed by atoms with E-state index in [4.69, 9.17) is 11.1 Å². The van der Waals surface area contributed by atoms with Gasteiger partial charge in [0, 0.05) is 5.92 Å². The summed E-state index contributed by atoms with van der Waals surface area (Å²) in [6.07, 6.45) is 3.05. The van der Waals surface area contributed by atoms with Gasteiger partial charge in [-0.25, -0.2) is 0 Å². The summed E-state index contributed by atoms with van der Waals surface area (Å²) < 4.78 is 0. The van der Waals surface area contributed by atoms with Crippen LogP contribution in [0.2, 0.25) is 0 Å². The molecular formula is C12H16N2. The number of hydrogen-bond donors (Lipinski definition) is 2. The largest absolute Gasteiger partial charge is 0.387 e. The molecule has 0 aromatic heterocycles. The van der Waals surface area contributed by atoms with Gasteiger partial charge in [0.15, 0.2) is 0 Å². The Balaban J connectivity index is 2.27. The molecule has 0 saturated heterocycles. The van der Waals surface area contributed by atoms with E-state index < -0.39 is 0 Å². The van der Waals surface area contributed by atoms with E-state index in [2.05, 4.69) is 25.1 Å². The summed E-state index contributed by atoms with van der Waals surface area (Å²) >= 11 is 0. The Bertz CT molecular complexity index is 369. The Morgan fingerprint density at radius 1 is 1.43 bits per heavy atom. The molecule has 0 aliphatic heterocycles. The van der Waals surface area contributed by atoms with Gasteiger partial charge < -0.3 is 5.73 Å². The molecule has 2 nitrogen and oxygen atoms in total. The van der Waals surface area contributed by atoms with Gasteiger partial charge in [-0.2, -0.15) is 0 Å². The van der Waals surface area contributed by atoms with Crippen molar-refractivity contribution in [2.75, 3.05) is 0 Å². The molecule has 0 radical (unpaired) electrons. The van der Waals surface area contributed by atoms with Crippen LogP contribution >= 0.6 is 0 Å². The van der Waals surface area contributed by atoms with Gasteiger partial charge in [0.25, 0.3) is 0 Å². The summed E-state index contributed by atoms with van der Waals surface area (Å²) in [4.78, 5) is 0. The zero-order valence-electron chi connectivity index (χ0n) is 8.51. The molecule has 2 heteroatoms. The molecule has 1 aliphatic rings. The summed E-state index contributed by atoms with van der Waals surface area (Å²) in [5, 5.41) is 7.45. The molecule has 1 aliphatic carbocycles. The van der Waals surface area contributed by atoms with Crippen molar-refractivity contribution in [1.29, 1.82) is 5.41 Å². The fourth-order valence-corrected chi connectivity index (χ4v) is 2.15. The molecule has 0 heterocycles. The number of benzene rings is 1. The number of rotatable bonds is 1. The van der Waals surface area contributed by atoms with Crippen LogP contribution in [0.15, 0.2) is 18.2 Å². The minimum atomic E-state index is 0.269. The van der Waals surface area contributed by atoms with E-state index in [9.17, 15) is 0 Å². The number of fused-ring (bicyclic) bond motifs is 1. The molecule has 0 bridgehead atoms. The molecule has 1 aromatic rings. The quantitative estimate of drug-likeness (QED) is 0.514. The van der Waals surface area contributed by atoms with E-state index in [1.54, 1.807) is 0 Å². The first-order valence-electron chi connectivity index (χ1n) is 5.09. The van der Waals surface area contributed by atoms with Gasteiger partial charge in [-0.15, -0.1) is 0 Å². The highest BCUT2D eigenvalue weighted by molar-refractivity contribution is 5.80. The Morgan fingerprint density at radius 2 is 2.21 bits per heavy atom. The predicted octanol–water partition coefficient (Wildman–Crippen LogP) is 2.04. The highest BCUT2D eigenvalue weighted by Crippen LogP contribution is 2.26. The first kappa shape index (κ1) is 9.25. The summed E-state index contributed by atoms with van der Waals surface area (Å²) in [5.41, 5.74) is 9.69. The fraction of sp³-hybridized carbons (Fsp3) is 0.417. The van der Waals surface area contributed by atoms with Crippen LogP contribution < -0.4 is 5.73 Å². The minimum absolute atomic E-state index is 0.269. The first-order chi connectivity index (χ1) is 6.66. The monoisotopic (exact) mass is 188 g/mol. The maximum Gasteiger partial charge on any atom is 0.0940 e. The zero-order valence-corrected chi connectivity index (χ0v) is 8.51. The molecule has 0 fully saturated rings. The third-order valence-electron chi connectivity index (χ3n) is 3.03. The molecule has 0 amide bonds. The second-order valence-electron chi connectivity index (χ2n) is 4.17. The van der Waals surface area contributed by atoms with Gasteiger partial charge in [0.1, 0.15) is 0 Å². The third-order valence-corrected chi connectivity index (χ3v) is 3.03. The summed E-state index contributed by atoms with van der Waals surface area (Å²) in [6.45, 7) is 2.12. The molecule has 74 valence electrons. The molecule has 1 aromatic carbocycles. The second-order valence-corrected chi connectivity index (χ2v) is 4.17. The lowest BCUT2D eigenvalue weighted by Gasteiger charge is -2.23. The van der Waals surface area contributed by atoms with Crippen LogP contribution in [0.4, 0.5) is 0 Å². The molecule has 0 spiro atoms.